The molecule has 0 atom stereocenters. The summed E-state index contributed by atoms with van der Waals surface area (Å²) >= 11 is 0. The number of para-hydroxylation sites is 1. The molecule has 0 saturated carbocycles. The molecule has 1 heterocycles. The first kappa shape index (κ1) is 15.7. The molecule has 0 bridgehead atoms. The predicted octanol–water partition coefficient (Wildman–Crippen LogP) is 3.16. The lowest BCUT2D eigenvalue weighted by atomic mass is 10.1. The molecule has 2 aromatic carbocycles. The van der Waals surface area contributed by atoms with Gasteiger partial charge in [0.05, 0.1) is 11.1 Å². The molecule has 0 spiro atoms. The van der Waals surface area contributed by atoms with Crippen molar-refractivity contribution < 1.29 is 9.59 Å². The summed E-state index contributed by atoms with van der Waals surface area (Å²) in [4.78, 5) is 28.6. The molecule has 1 aromatic heterocycles. The number of aromatic nitrogens is 1. The summed E-state index contributed by atoms with van der Waals surface area (Å²) < 4.78 is 0. The highest BCUT2D eigenvalue weighted by molar-refractivity contribution is 6.12. The van der Waals surface area contributed by atoms with Gasteiger partial charge in [0.25, 0.3) is 11.8 Å². The van der Waals surface area contributed by atoms with Gasteiger partial charge in [0.2, 0.25) is 0 Å². The van der Waals surface area contributed by atoms with Crippen LogP contribution in [0.15, 0.2) is 54.6 Å². The molecule has 24 heavy (non-hydrogen) atoms. The molecular weight excluding hydrogens is 302 g/mol. The number of fused-ring (bicyclic) bond motifs is 1. The topological polar surface area (TPSA) is 71.1 Å². The van der Waals surface area contributed by atoms with Crippen LogP contribution in [-0.2, 0) is 0 Å². The molecule has 5 heteroatoms. The van der Waals surface area contributed by atoms with E-state index in [9.17, 15) is 9.59 Å². The number of nitrogens with zero attached hydrogens (tertiary/aromatic N) is 1. The number of carbonyl (C=O) groups excluding carboxylic acids is 2. The Morgan fingerprint density at radius 1 is 0.958 bits per heavy atom. The summed E-state index contributed by atoms with van der Waals surface area (Å²) in [5, 5.41) is 6.23. The van der Waals surface area contributed by atoms with E-state index in [4.69, 9.17) is 0 Å². The molecule has 0 aliphatic heterocycles. The summed E-state index contributed by atoms with van der Waals surface area (Å²) in [6.45, 7) is 1.86. The zero-order chi connectivity index (χ0) is 17.1. The Kier molecular flexibility index (Phi) is 4.24. The first-order chi connectivity index (χ1) is 11.6. The van der Waals surface area contributed by atoms with Crippen LogP contribution in [0.4, 0.5) is 5.69 Å². The van der Waals surface area contributed by atoms with Gasteiger partial charge in [-0.3, -0.25) is 14.6 Å². The predicted molar refractivity (Wildman–Crippen MR) is 94.3 cm³/mol. The molecule has 3 rings (SSSR count). The van der Waals surface area contributed by atoms with Gasteiger partial charge in [-0.05, 0) is 43.3 Å². The molecule has 0 saturated heterocycles. The van der Waals surface area contributed by atoms with Crippen LogP contribution < -0.4 is 10.6 Å². The molecule has 0 aliphatic rings. The number of rotatable bonds is 3. The van der Waals surface area contributed by atoms with Crippen LogP contribution in [0.5, 0.6) is 0 Å². The largest absolute Gasteiger partial charge is 0.355 e. The second-order valence-corrected chi connectivity index (χ2v) is 5.44. The Bertz CT molecular complexity index is 918. The fourth-order valence-electron chi connectivity index (χ4n) is 2.54. The maximum absolute atomic E-state index is 12.6. The molecular formula is C19H17N3O2. The third kappa shape index (κ3) is 3.10. The van der Waals surface area contributed by atoms with Gasteiger partial charge < -0.3 is 10.6 Å². The normalized spacial score (nSPS) is 10.4. The molecule has 3 aromatic rings. The molecule has 0 unspecified atom stereocenters. The number of aryl methyl sites for hydroxylation is 1. The average Bonchev–Trinajstić information content (AvgIpc) is 2.60. The van der Waals surface area contributed by atoms with Crippen LogP contribution in [0.1, 0.15) is 26.4 Å². The molecule has 0 radical (unpaired) electrons. The van der Waals surface area contributed by atoms with Crippen molar-refractivity contribution >= 4 is 28.4 Å². The van der Waals surface area contributed by atoms with Gasteiger partial charge in [0.15, 0.2) is 0 Å². The number of carbonyl (C=O) groups is 2. The first-order valence-corrected chi connectivity index (χ1v) is 7.58. The van der Waals surface area contributed by atoms with Gasteiger partial charge in [-0.15, -0.1) is 0 Å². The lowest BCUT2D eigenvalue weighted by molar-refractivity contribution is 0.0962. The maximum Gasteiger partial charge on any atom is 0.256 e. The maximum atomic E-state index is 12.6. The van der Waals surface area contributed by atoms with E-state index in [1.165, 1.54) is 0 Å². The van der Waals surface area contributed by atoms with Crippen LogP contribution in [0.25, 0.3) is 10.9 Å². The zero-order valence-corrected chi connectivity index (χ0v) is 13.5. The summed E-state index contributed by atoms with van der Waals surface area (Å²) in [6.07, 6.45) is 0. The Balaban J connectivity index is 1.89. The molecule has 5 nitrogen and oxygen atoms in total. The Hall–Kier alpha value is -3.21. The van der Waals surface area contributed by atoms with E-state index in [1.54, 1.807) is 37.4 Å². The lowest BCUT2D eigenvalue weighted by Crippen LogP contribution is -2.18. The highest BCUT2D eigenvalue weighted by Crippen LogP contribution is 2.20. The SMILES string of the molecule is CNC(=O)c1ccc(NC(=O)c2cc(C)nc3ccccc23)cc1. The lowest BCUT2D eigenvalue weighted by Gasteiger charge is -2.09. The number of amides is 2. The van der Waals surface area contributed by atoms with Gasteiger partial charge in [-0.25, -0.2) is 0 Å². The van der Waals surface area contributed by atoms with Crippen LogP contribution in [-0.4, -0.2) is 23.8 Å². The van der Waals surface area contributed by atoms with E-state index in [0.717, 1.165) is 16.6 Å². The first-order valence-electron chi connectivity index (χ1n) is 7.58. The van der Waals surface area contributed by atoms with E-state index in [2.05, 4.69) is 15.6 Å². The molecule has 2 N–H and O–H groups in total. The molecule has 0 fully saturated rings. The second kappa shape index (κ2) is 6.50. The average molecular weight is 319 g/mol. The van der Waals surface area contributed by atoms with Crippen molar-refractivity contribution in [3.05, 3.63) is 71.4 Å². The fourth-order valence-corrected chi connectivity index (χ4v) is 2.54. The van der Waals surface area contributed by atoms with Crippen molar-refractivity contribution in [2.75, 3.05) is 12.4 Å². The van der Waals surface area contributed by atoms with Gasteiger partial charge >= 0.3 is 0 Å². The third-order valence-electron chi connectivity index (χ3n) is 3.72. The quantitative estimate of drug-likeness (QED) is 0.779. The van der Waals surface area contributed by atoms with E-state index in [1.807, 2.05) is 31.2 Å². The van der Waals surface area contributed by atoms with Crippen molar-refractivity contribution in [1.29, 1.82) is 0 Å². The van der Waals surface area contributed by atoms with Gasteiger partial charge in [-0.1, -0.05) is 18.2 Å². The number of anilines is 1. The van der Waals surface area contributed by atoms with E-state index < -0.39 is 0 Å². The summed E-state index contributed by atoms with van der Waals surface area (Å²) in [7, 11) is 1.58. The highest BCUT2D eigenvalue weighted by atomic mass is 16.2. The van der Waals surface area contributed by atoms with Crippen molar-refractivity contribution in [2.45, 2.75) is 6.92 Å². The number of hydrogen-bond acceptors (Lipinski definition) is 3. The highest BCUT2D eigenvalue weighted by Gasteiger charge is 2.12. The Labute approximate surface area is 139 Å². The van der Waals surface area contributed by atoms with Crippen LogP contribution in [0.3, 0.4) is 0 Å². The van der Waals surface area contributed by atoms with Gasteiger partial charge in [-0.2, -0.15) is 0 Å². The van der Waals surface area contributed by atoms with Crippen LogP contribution in [0.2, 0.25) is 0 Å². The fraction of sp³-hybridized carbons (Fsp3) is 0.105. The van der Waals surface area contributed by atoms with Crippen molar-refractivity contribution in [2.24, 2.45) is 0 Å². The molecule has 0 aliphatic carbocycles. The van der Waals surface area contributed by atoms with E-state index in [0.29, 0.717) is 16.8 Å². The minimum Gasteiger partial charge on any atom is -0.355 e. The molecule has 120 valence electrons. The minimum absolute atomic E-state index is 0.163. The van der Waals surface area contributed by atoms with Gasteiger partial charge in [0.1, 0.15) is 0 Å². The van der Waals surface area contributed by atoms with Crippen LogP contribution in [0, 0.1) is 6.92 Å². The Morgan fingerprint density at radius 2 is 1.67 bits per heavy atom. The Morgan fingerprint density at radius 3 is 2.38 bits per heavy atom. The number of pyridine rings is 1. The van der Waals surface area contributed by atoms with Crippen LogP contribution >= 0.6 is 0 Å². The minimum atomic E-state index is -0.204. The van der Waals surface area contributed by atoms with E-state index in [-0.39, 0.29) is 11.8 Å². The molecule has 2 amide bonds. The standard InChI is InChI=1S/C19H17N3O2/c1-12-11-16(15-5-3-4-6-17(15)21-12)19(24)22-14-9-7-13(8-10-14)18(23)20-2/h3-11H,1-2H3,(H,20,23)(H,22,24). The van der Waals surface area contributed by atoms with E-state index >= 15 is 0 Å². The van der Waals surface area contributed by atoms with Crippen molar-refractivity contribution in [3.63, 3.8) is 0 Å². The summed E-state index contributed by atoms with van der Waals surface area (Å²) in [5.41, 5.74) is 3.33. The van der Waals surface area contributed by atoms with Crippen molar-refractivity contribution in [3.8, 4) is 0 Å². The van der Waals surface area contributed by atoms with Gasteiger partial charge in [0, 0.05) is 29.4 Å². The number of benzene rings is 2. The zero-order valence-electron chi connectivity index (χ0n) is 13.5. The number of hydrogen-bond donors (Lipinski definition) is 2. The summed E-state index contributed by atoms with van der Waals surface area (Å²) in [6, 6.07) is 16.1. The van der Waals surface area contributed by atoms with Crippen molar-refractivity contribution in [1.82, 2.24) is 10.3 Å². The summed E-state index contributed by atoms with van der Waals surface area (Å²) in [5.74, 6) is -0.368. The third-order valence-corrected chi connectivity index (χ3v) is 3.72. The smallest absolute Gasteiger partial charge is 0.256 e. The monoisotopic (exact) mass is 319 g/mol. The number of nitrogens with one attached hydrogen (secondary N) is 2. The second-order valence-electron chi connectivity index (χ2n) is 5.44.